The predicted octanol–water partition coefficient (Wildman–Crippen LogP) is 2.72. The van der Waals surface area contributed by atoms with Crippen molar-refractivity contribution in [2.75, 3.05) is 6.54 Å². The van der Waals surface area contributed by atoms with Gasteiger partial charge >= 0.3 is 5.97 Å². The number of aliphatic carboxylic acids is 1. The maximum atomic E-state index is 12.3. The van der Waals surface area contributed by atoms with Crippen molar-refractivity contribution < 1.29 is 14.7 Å². The molecule has 1 amide bonds. The van der Waals surface area contributed by atoms with E-state index in [-0.39, 0.29) is 5.91 Å². The molecule has 0 aliphatic carbocycles. The smallest absolute Gasteiger partial charge is 0.309 e. The summed E-state index contributed by atoms with van der Waals surface area (Å²) in [6.07, 6.45) is 1.90. The molecule has 0 saturated heterocycles. The van der Waals surface area contributed by atoms with Crippen LogP contribution in [0.4, 0.5) is 0 Å². The lowest BCUT2D eigenvalue weighted by atomic mass is 9.90. The number of amides is 1. The van der Waals surface area contributed by atoms with Gasteiger partial charge in [-0.05, 0) is 51.8 Å². The first kappa shape index (κ1) is 17.7. The zero-order chi connectivity index (χ0) is 17.9. The summed E-state index contributed by atoms with van der Waals surface area (Å²) in [7, 11) is 0. The molecular weight excluding hydrogens is 306 g/mol. The lowest BCUT2D eigenvalue weighted by Gasteiger charge is -2.18. The summed E-state index contributed by atoms with van der Waals surface area (Å²) in [6.45, 7) is 7.42. The van der Waals surface area contributed by atoms with Crippen molar-refractivity contribution in [3.8, 4) is 5.69 Å². The minimum atomic E-state index is -0.875. The third-order valence-corrected chi connectivity index (χ3v) is 4.12. The number of aryl methyl sites for hydroxylation is 1. The van der Waals surface area contributed by atoms with Crippen molar-refractivity contribution in [1.29, 1.82) is 0 Å². The summed E-state index contributed by atoms with van der Waals surface area (Å²) in [5.41, 5.74) is 2.39. The number of carboxylic acids is 1. The van der Waals surface area contributed by atoms with Crippen molar-refractivity contribution in [2.45, 2.75) is 34.1 Å². The minimum absolute atomic E-state index is 0.243. The Bertz CT molecular complexity index is 763. The van der Waals surface area contributed by atoms with Crippen LogP contribution in [0.1, 0.15) is 41.9 Å². The zero-order valence-corrected chi connectivity index (χ0v) is 14.5. The second kappa shape index (κ2) is 6.86. The zero-order valence-electron chi connectivity index (χ0n) is 14.5. The van der Waals surface area contributed by atoms with Crippen LogP contribution in [-0.4, -0.2) is 33.3 Å². The number of hydrogen-bond donors (Lipinski definition) is 2. The van der Waals surface area contributed by atoms with Gasteiger partial charge in [-0.2, -0.15) is 5.10 Å². The van der Waals surface area contributed by atoms with Crippen molar-refractivity contribution in [3.63, 3.8) is 0 Å². The Morgan fingerprint density at radius 3 is 2.62 bits per heavy atom. The number of nitrogens with one attached hydrogen (secondary N) is 1. The molecule has 0 bridgehead atoms. The second-order valence-corrected chi connectivity index (χ2v) is 6.59. The molecule has 2 N–H and O–H groups in total. The molecule has 0 radical (unpaired) electrons. The van der Waals surface area contributed by atoms with Crippen LogP contribution in [0.5, 0.6) is 0 Å². The van der Waals surface area contributed by atoms with Gasteiger partial charge in [0, 0.05) is 6.54 Å². The molecule has 6 heteroatoms. The van der Waals surface area contributed by atoms with Gasteiger partial charge in [-0.1, -0.05) is 12.1 Å². The largest absolute Gasteiger partial charge is 0.481 e. The molecule has 1 aromatic heterocycles. The fourth-order valence-electron chi connectivity index (χ4n) is 2.34. The first-order valence-electron chi connectivity index (χ1n) is 7.85. The Labute approximate surface area is 141 Å². The van der Waals surface area contributed by atoms with Crippen molar-refractivity contribution >= 4 is 11.9 Å². The van der Waals surface area contributed by atoms with E-state index in [1.165, 1.54) is 6.20 Å². The molecule has 128 valence electrons. The van der Waals surface area contributed by atoms with Crippen LogP contribution in [0.25, 0.3) is 5.69 Å². The van der Waals surface area contributed by atoms with Crippen molar-refractivity contribution in [2.24, 2.45) is 5.41 Å². The van der Waals surface area contributed by atoms with Crippen LogP contribution in [-0.2, 0) is 4.79 Å². The van der Waals surface area contributed by atoms with Gasteiger partial charge in [-0.25, -0.2) is 4.68 Å². The number of rotatable bonds is 6. The highest BCUT2D eigenvalue weighted by Gasteiger charge is 2.26. The first-order valence-corrected chi connectivity index (χ1v) is 7.85. The standard InChI is InChI=1S/C18H23N3O3/c1-12-6-5-7-14(10-12)21-13(2)15(11-20-21)16(22)19-9-8-18(3,4)17(23)24/h5-7,10-11H,8-9H2,1-4H3,(H,19,22)(H,23,24). The lowest BCUT2D eigenvalue weighted by Crippen LogP contribution is -2.32. The molecule has 2 aromatic rings. The molecule has 1 aromatic carbocycles. The molecular formula is C18H23N3O3. The van der Waals surface area contributed by atoms with E-state index in [0.717, 1.165) is 16.9 Å². The summed E-state index contributed by atoms with van der Waals surface area (Å²) in [6, 6.07) is 7.88. The first-order chi connectivity index (χ1) is 11.2. The van der Waals surface area contributed by atoms with Crippen LogP contribution in [0, 0.1) is 19.3 Å². The second-order valence-electron chi connectivity index (χ2n) is 6.59. The van der Waals surface area contributed by atoms with Gasteiger partial charge in [-0.3, -0.25) is 9.59 Å². The molecule has 0 unspecified atom stereocenters. The number of nitrogens with zero attached hydrogens (tertiary/aromatic N) is 2. The summed E-state index contributed by atoms with van der Waals surface area (Å²) < 4.78 is 1.73. The van der Waals surface area contributed by atoms with E-state index in [1.807, 2.05) is 38.1 Å². The molecule has 0 fully saturated rings. The molecule has 0 spiro atoms. The molecule has 0 atom stereocenters. The van der Waals surface area contributed by atoms with Crippen LogP contribution < -0.4 is 5.32 Å². The highest BCUT2D eigenvalue weighted by atomic mass is 16.4. The molecule has 0 aliphatic heterocycles. The lowest BCUT2D eigenvalue weighted by molar-refractivity contribution is -0.147. The van der Waals surface area contributed by atoms with Gasteiger partial charge in [0.15, 0.2) is 0 Å². The van der Waals surface area contributed by atoms with Gasteiger partial charge in [0.1, 0.15) is 0 Å². The summed E-state index contributed by atoms with van der Waals surface area (Å²) in [4.78, 5) is 23.4. The normalized spacial score (nSPS) is 11.3. The number of aromatic nitrogens is 2. The van der Waals surface area contributed by atoms with E-state index in [0.29, 0.717) is 18.5 Å². The molecule has 0 aliphatic rings. The van der Waals surface area contributed by atoms with Gasteiger partial charge in [0.2, 0.25) is 0 Å². The number of carbonyl (C=O) groups is 2. The van der Waals surface area contributed by atoms with Gasteiger partial charge in [-0.15, -0.1) is 0 Å². The fraction of sp³-hybridized carbons (Fsp3) is 0.389. The number of benzene rings is 1. The van der Waals surface area contributed by atoms with Crippen molar-refractivity contribution in [3.05, 3.63) is 47.3 Å². The van der Waals surface area contributed by atoms with Gasteiger partial charge in [0.25, 0.3) is 5.91 Å². The highest BCUT2D eigenvalue weighted by molar-refractivity contribution is 5.95. The molecule has 6 nitrogen and oxygen atoms in total. The highest BCUT2D eigenvalue weighted by Crippen LogP contribution is 2.20. The Hall–Kier alpha value is -2.63. The number of carbonyl (C=O) groups excluding carboxylic acids is 1. The van der Waals surface area contributed by atoms with E-state index in [1.54, 1.807) is 18.5 Å². The molecule has 1 heterocycles. The molecule has 0 saturated carbocycles. The Morgan fingerprint density at radius 2 is 2.00 bits per heavy atom. The van der Waals surface area contributed by atoms with E-state index in [4.69, 9.17) is 5.11 Å². The average molecular weight is 329 g/mol. The third-order valence-electron chi connectivity index (χ3n) is 4.12. The number of carboxylic acid groups (broad SMARTS) is 1. The maximum Gasteiger partial charge on any atom is 0.309 e. The van der Waals surface area contributed by atoms with Crippen molar-refractivity contribution in [1.82, 2.24) is 15.1 Å². The number of hydrogen-bond acceptors (Lipinski definition) is 3. The van der Waals surface area contributed by atoms with Crippen LogP contribution in [0.15, 0.2) is 30.5 Å². The Kier molecular flexibility index (Phi) is 5.07. The minimum Gasteiger partial charge on any atom is -0.481 e. The third kappa shape index (κ3) is 3.82. The summed E-state index contributed by atoms with van der Waals surface area (Å²) in [5.74, 6) is -1.12. The summed E-state index contributed by atoms with van der Waals surface area (Å²) >= 11 is 0. The monoisotopic (exact) mass is 329 g/mol. The maximum absolute atomic E-state index is 12.3. The Balaban J connectivity index is 2.08. The van der Waals surface area contributed by atoms with Gasteiger partial charge in [0.05, 0.1) is 28.6 Å². The topological polar surface area (TPSA) is 84.2 Å². The fourth-order valence-corrected chi connectivity index (χ4v) is 2.34. The van der Waals surface area contributed by atoms with E-state index in [2.05, 4.69) is 10.4 Å². The van der Waals surface area contributed by atoms with Gasteiger partial charge < -0.3 is 10.4 Å². The quantitative estimate of drug-likeness (QED) is 0.853. The van der Waals surface area contributed by atoms with E-state index >= 15 is 0 Å². The van der Waals surface area contributed by atoms with Crippen LogP contribution in [0.2, 0.25) is 0 Å². The Morgan fingerprint density at radius 1 is 1.29 bits per heavy atom. The van der Waals surface area contributed by atoms with Crippen LogP contribution in [0.3, 0.4) is 0 Å². The summed E-state index contributed by atoms with van der Waals surface area (Å²) in [5, 5.41) is 16.2. The van der Waals surface area contributed by atoms with E-state index in [9.17, 15) is 9.59 Å². The van der Waals surface area contributed by atoms with E-state index < -0.39 is 11.4 Å². The molecule has 24 heavy (non-hydrogen) atoms. The van der Waals surface area contributed by atoms with Crippen LogP contribution >= 0.6 is 0 Å². The molecule has 2 rings (SSSR count). The average Bonchev–Trinajstić information content (AvgIpc) is 2.88. The SMILES string of the molecule is Cc1cccc(-n2ncc(C(=O)NCCC(C)(C)C(=O)O)c2C)c1. The predicted molar refractivity (Wildman–Crippen MR) is 91.4 cm³/mol.